The number of carbonyl (C=O) groups is 1. The summed E-state index contributed by atoms with van der Waals surface area (Å²) in [6.07, 6.45) is 3.19. The van der Waals surface area contributed by atoms with Gasteiger partial charge >= 0.3 is 6.03 Å². The van der Waals surface area contributed by atoms with Gasteiger partial charge in [-0.3, -0.25) is 4.90 Å². The zero-order valence-corrected chi connectivity index (χ0v) is 11.6. The average Bonchev–Trinajstić information content (AvgIpc) is 2.88. The number of ether oxygens (including phenoxy) is 1. The van der Waals surface area contributed by atoms with E-state index in [0.29, 0.717) is 10.9 Å². The molecule has 1 saturated heterocycles. The summed E-state index contributed by atoms with van der Waals surface area (Å²) in [6, 6.07) is 7.67. The second-order valence-corrected chi connectivity index (χ2v) is 5.41. The van der Waals surface area contributed by atoms with Crippen LogP contribution in [0.25, 0.3) is 0 Å². The monoisotopic (exact) mass is 276 g/mol. The molecule has 1 aliphatic carbocycles. The summed E-state index contributed by atoms with van der Waals surface area (Å²) in [4.78, 5) is 14.8. The van der Waals surface area contributed by atoms with Gasteiger partial charge in [-0.1, -0.05) is 24.7 Å². The van der Waals surface area contributed by atoms with Crippen molar-refractivity contribution >= 4 is 28.9 Å². The third-order valence-electron chi connectivity index (χ3n) is 3.93. The minimum Gasteiger partial charge on any atom is -0.497 e. The smallest absolute Gasteiger partial charge is 0.326 e. The molecule has 2 aliphatic rings. The Labute approximate surface area is 117 Å². The quantitative estimate of drug-likeness (QED) is 0.844. The van der Waals surface area contributed by atoms with Crippen LogP contribution in [-0.4, -0.2) is 24.2 Å². The van der Waals surface area contributed by atoms with Crippen LogP contribution in [0.4, 0.5) is 10.5 Å². The molecule has 5 heteroatoms. The molecule has 4 nitrogen and oxygen atoms in total. The summed E-state index contributed by atoms with van der Waals surface area (Å²) < 4.78 is 5.23. The fraction of sp³-hybridized carbons (Fsp3) is 0.429. The topological polar surface area (TPSA) is 41.6 Å². The van der Waals surface area contributed by atoms with E-state index in [4.69, 9.17) is 17.0 Å². The van der Waals surface area contributed by atoms with E-state index in [2.05, 4.69) is 5.32 Å². The molecule has 0 aromatic heterocycles. The van der Waals surface area contributed by atoms with E-state index in [1.165, 1.54) is 0 Å². The Morgan fingerprint density at radius 1 is 1.42 bits per heavy atom. The molecule has 0 spiro atoms. The Morgan fingerprint density at radius 3 is 3.05 bits per heavy atom. The fourth-order valence-corrected chi connectivity index (χ4v) is 3.40. The third-order valence-corrected chi connectivity index (χ3v) is 4.33. The fourth-order valence-electron chi connectivity index (χ4n) is 3.03. The highest BCUT2D eigenvalue weighted by atomic mass is 32.1. The SMILES string of the molecule is COc1cccc(N2C(=O)NC(=S)C3CCCC32)c1. The number of hydrogen-bond donors (Lipinski definition) is 1. The lowest BCUT2D eigenvalue weighted by Crippen LogP contribution is -2.58. The molecule has 2 amide bonds. The number of rotatable bonds is 2. The van der Waals surface area contributed by atoms with Crippen molar-refractivity contribution in [3.05, 3.63) is 24.3 Å². The first-order valence-corrected chi connectivity index (χ1v) is 6.89. The number of nitrogens with one attached hydrogen (secondary N) is 1. The Kier molecular flexibility index (Phi) is 3.14. The molecule has 1 aromatic rings. The molecule has 1 N–H and O–H groups in total. The Morgan fingerprint density at radius 2 is 2.26 bits per heavy atom. The van der Waals surface area contributed by atoms with Crippen LogP contribution in [0.1, 0.15) is 19.3 Å². The van der Waals surface area contributed by atoms with Gasteiger partial charge in [-0.25, -0.2) is 4.79 Å². The van der Waals surface area contributed by atoms with E-state index in [9.17, 15) is 4.79 Å². The number of carbonyl (C=O) groups excluding carboxylic acids is 1. The van der Waals surface area contributed by atoms with Crippen LogP contribution in [-0.2, 0) is 0 Å². The van der Waals surface area contributed by atoms with Crippen LogP contribution in [0, 0.1) is 5.92 Å². The van der Waals surface area contributed by atoms with Gasteiger partial charge in [0.25, 0.3) is 0 Å². The molecule has 1 heterocycles. The molecule has 1 aromatic carbocycles. The van der Waals surface area contributed by atoms with Crippen LogP contribution in [0.3, 0.4) is 0 Å². The van der Waals surface area contributed by atoms with Crippen molar-refractivity contribution in [2.24, 2.45) is 5.92 Å². The van der Waals surface area contributed by atoms with E-state index in [-0.39, 0.29) is 12.1 Å². The van der Waals surface area contributed by atoms with Crippen LogP contribution in [0.5, 0.6) is 5.75 Å². The lowest BCUT2D eigenvalue weighted by molar-refractivity contribution is 0.244. The van der Waals surface area contributed by atoms with Gasteiger partial charge in [0.1, 0.15) is 5.75 Å². The van der Waals surface area contributed by atoms with Gasteiger partial charge in [0.15, 0.2) is 0 Å². The average molecular weight is 276 g/mol. The lowest BCUT2D eigenvalue weighted by atomic mass is 9.99. The summed E-state index contributed by atoms with van der Waals surface area (Å²) in [5.41, 5.74) is 0.872. The molecule has 2 fully saturated rings. The van der Waals surface area contributed by atoms with E-state index in [1.54, 1.807) is 7.11 Å². The van der Waals surface area contributed by atoms with Gasteiger partial charge in [0, 0.05) is 23.7 Å². The number of nitrogens with zero attached hydrogens (tertiary/aromatic N) is 1. The van der Waals surface area contributed by atoms with Gasteiger partial charge in [0.05, 0.1) is 12.1 Å². The van der Waals surface area contributed by atoms with Crippen LogP contribution < -0.4 is 15.0 Å². The molecule has 100 valence electrons. The molecular formula is C14H16N2O2S. The number of benzene rings is 1. The van der Waals surface area contributed by atoms with Crippen molar-refractivity contribution in [1.82, 2.24) is 5.32 Å². The zero-order valence-electron chi connectivity index (χ0n) is 10.8. The molecular weight excluding hydrogens is 260 g/mol. The lowest BCUT2D eigenvalue weighted by Gasteiger charge is -2.38. The standard InChI is InChI=1S/C14H16N2O2S/c1-18-10-5-2-4-9(8-10)16-12-7-3-6-11(12)13(19)15-14(16)17/h2,4-5,8,11-12H,3,6-7H2,1H3,(H,15,17,19). The minimum atomic E-state index is -0.124. The van der Waals surface area contributed by atoms with Gasteiger partial charge in [0.2, 0.25) is 0 Å². The summed E-state index contributed by atoms with van der Waals surface area (Å²) >= 11 is 5.29. The Bertz CT molecular complexity index is 532. The number of amides is 2. The van der Waals surface area contributed by atoms with Gasteiger partial charge in [-0.15, -0.1) is 0 Å². The Hall–Kier alpha value is -1.62. The maximum Gasteiger partial charge on any atom is 0.326 e. The number of hydrogen-bond acceptors (Lipinski definition) is 3. The van der Waals surface area contributed by atoms with Crippen molar-refractivity contribution in [3.8, 4) is 5.75 Å². The first-order chi connectivity index (χ1) is 9.20. The molecule has 1 saturated carbocycles. The minimum absolute atomic E-state index is 0.124. The van der Waals surface area contributed by atoms with Crippen molar-refractivity contribution in [2.45, 2.75) is 25.3 Å². The largest absolute Gasteiger partial charge is 0.497 e. The summed E-state index contributed by atoms with van der Waals surface area (Å²) in [5.74, 6) is 1.05. The highest BCUT2D eigenvalue weighted by Gasteiger charge is 2.42. The van der Waals surface area contributed by atoms with Crippen molar-refractivity contribution < 1.29 is 9.53 Å². The third kappa shape index (κ3) is 2.08. The Balaban J connectivity index is 1.97. The summed E-state index contributed by atoms with van der Waals surface area (Å²) in [5, 5.41) is 2.81. The molecule has 2 atom stereocenters. The van der Waals surface area contributed by atoms with Crippen molar-refractivity contribution in [1.29, 1.82) is 0 Å². The van der Waals surface area contributed by atoms with Crippen LogP contribution in [0.2, 0.25) is 0 Å². The van der Waals surface area contributed by atoms with Gasteiger partial charge < -0.3 is 10.1 Å². The molecule has 0 radical (unpaired) electrons. The van der Waals surface area contributed by atoms with E-state index >= 15 is 0 Å². The zero-order chi connectivity index (χ0) is 13.4. The van der Waals surface area contributed by atoms with Gasteiger partial charge in [-0.05, 0) is 25.0 Å². The van der Waals surface area contributed by atoms with E-state index < -0.39 is 0 Å². The number of thiocarbonyl (C=S) groups is 1. The second kappa shape index (κ2) is 4.81. The second-order valence-electron chi connectivity index (χ2n) is 4.97. The molecule has 1 aliphatic heterocycles. The molecule has 2 unspecified atom stereocenters. The highest BCUT2D eigenvalue weighted by molar-refractivity contribution is 7.80. The maximum atomic E-state index is 12.2. The van der Waals surface area contributed by atoms with E-state index in [1.807, 2.05) is 29.2 Å². The van der Waals surface area contributed by atoms with E-state index in [0.717, 1.165) is 30.7 Å². The summed E-state index contributed by atoms with van der Waals surface area (Å²) in [7, 11) is 1.63. The first kappa shape index (κ1) is 12.4. The molecule has 19 heavy (non-hydrogen) atoms. The van der Waals surface area contributed by atoms with Crippen molar-refractivity contribution in [3.63, 3.8) is 0 Å². The number of anilines is 1. The number of methoxy groups -OCH3 is 1. The van der Waals surface area contributed by atoms with Crippen LogP contribution in [0.15, 0.2) is 24.3 Å². The predicted octanol–water partition coefficient (Wildman–Crippen LogP) is 2.72. The van der Waals surface area contributed by atoms with Crippen molar-refractivity contribution in [2.75, 3.05) is 12.0 Å². The highest BCUT2D eigenvalue weighted by Crippen LogP contribution is 2.37. The van der Waals surface area contributed by atoms with Gasteiger partial charge in [-0.2, -0.15) is 0 Å². The number of fused-ring (bicyclic) bond motifs is 1. The molecule has 3 rings (SSSR count). The van der Waals surface area contributed by atoms with Crippen LogP contribution >= 0.6 is 12.2 Å². The summed E-state index contributed by atoms with van der Waals surface area (Å²) in [6.45, 7) is 0. The predicted molar refractivity (Wildman–Crippen MR) is 77.7 cm³/mol. The normalized spacial score (nSPS) is 26.1. The maximum absolute atomic E-state index is 12.2. The number of urea groups is 1. The molecule has 0 bridgehead atoms. The first-order valence-electron chi connectivity index (χ1n) is 6.49.